The number of hydrogen-bond acceptors (Lipinski definition) is 4. The lowest BCUT2D eigenvalue weighted by atomic mass is 10.1. The van der Waals surface area contributed by atoms with Crippen LogP contribution in [-0.2, 0) is 4.74 Å². The molecule has 0 saturated carbocycles. The molecule has 0 aliphatic rings. The molecule has 126 valence electrons. The molecule has 0 aromatic rings. The van der Waals surface area contributed by atoms with Gasteiger partial charge in [-0.15, -0.1) is 0 Å². The predicted octanol–water partition coefficient (Wildman–Crippen LogP) is 2.80. The summed E-state index contributed by atoms with van der Waals surface area (Å²) >= 11 is 0. The van der Waals surface area contributed by atoms with Crippen molar-refractivity contribution in [3.63, 3.8) is 0 Å². The smallest absolute Gasteiger partial charge is 0.100 e. The zero-order valence-corrected chi connectivity index (χ0v) is 13.5. The first-order chi connectivity index (χ1) is 10.2. The number of aliphatic hydroxyl groups excluding tert-OH is 3. The van der Waals surface area contributed by atoms with Gasteiger partial charge in [0, 0.05) is 0 Å². The van der Waals surface area contributed by atoms with Crippen molar-refractivity contribution >= 4 is 0 Å². The van der Waals surface area contributed by atoms with E-state index in [0.29, 0.717) is 6.42 Å². The van der Waals surface area contributed by atoms with E-state index in [1.165, 1.54) is 44.9 Å². The molecular weight excluding hydrogens is 268 g/mol. The van der Waals surface area contributed by atoms with Gasteiger partial charge in [0.2, 0.25) is 0 Å². The van der Waals surface area contributed by atoms with Crippen molar-refractivity contribution in [2.75, 3.05) is 19.8 Å². The Hall–Kier alpha value is -0.420. The first kappa shape index (κ1) is 20.6. The van der Waals surface area contributed by atoms with Gasteiger partial charge < -0.3 is 20.1 Å². The van der Waals surface area contributed by atoms with Crippen molar-refractivity contribution in [3.8, 4) is 0 Å². The third kappa shape index (κ3) is 15.8. The molecule has 0 amide bonds. The second-order valence-corrected chi connectivity index (χ2v) is 5.64. The van der Waals surface area contributed by atoms with Crippen LogP contribution in [0.25, 0.3) is 0 Å². The monoisotopic (exact) mass is 302 g/mol. The molecule has 0 unspecified atom stereocenters. The molecular formula is C17H34O4. The zero-order chi connectivity index (χ0) is 15.8. The summed E-state index contributed by atoms with van der Waals surface area (Å²) < 4.78 is 5.10. The van der Waals surface area contributed by atoms with E-state index in [9.17, 15) is 5.11 Å². The van der Waals surface area contributed by atoms with Crippen LogP contribution in [0.4, 0.5) is 0 Å². The van der Waals surface area contributed by atoms with E-state index in [-0.39, 0.29) is 19.8 Å². The number of rotatable bonds is 15. The highest BCUT2D eigenvalue weighted by atomic mass is 16.5. The quantitative estimate of drug-likeness (QED) is 0.321. The number of aliphatic hydroxyl groups is 3. The third-order valence-electron chi connectivity index (χ3n) is 3.38. The minimum Gasteiger partial charge on any atom is -0.394 e. The maximum Gasteiger partial charge on any atom is 0.100 e. The molecule has 2 atom stereocenters. The molecule has 21 heavy (non-hydrogen) atoms. The molecule has 0 saturated heterocycles. The molecule has 0 fully saturated rings. The zero-order valence-electron chi connectivity index (χ0n) is 13.5. The van der Waals surface area contributed by atoms with Crippen molar-refractivity contribution in [1.29, 1.82) is 0 Å². The van der Waals surface area contributed by atoms with Crippen LogP contribution in [-0.4, -0.2) is 47.3 Å². The highest BCUT2D eigenvalue weighted by Gasteiger charge is 2.05. The van der Waals surface area contributed by atoms with Gasteiger partial charge in [-0.05, 0) is 19.3 Å². The molecule has 0 radical (unpaired) electrons. The fourth-order valence-electron chi connectivity index (χ4n) is 2.05. The van der Waals surface area contributed by atoms with Gasteiger partial charge in [0.15, 0.2) is 0 Å². The summed E-state index contributed by atoms with van der Waals surface area (Å²) in [6.45, 7) is 2.18. The molecule has 0 aliphatic heterocycles. The van der Waals surface area contributed by atoms with Crippen LogP contribution < -0.4 is 0 Å². The van der Waals surface area contributed by atoms with Gasteiger partial charge in [-0.2, -0.15) is 0 Å². The fraction of sp³-hybridized carbons (Fsp3) is 0.882. The van der Waals surface area contributed by atoms with Crippen LogP contribution in [0.1, 0.15) is 64.7 Å². The van der Waals surface area contributed by atoms with Crippen LogP contribution in [0, 0.1) is 0 Å². The first-order valence-corrected chi connectivity index (χ1v) is 8.40. The summed E-state index contributed by atoms with van der Waals surface area (Å²) in [7, 11) is 0. The second-order valence-electron chi connectivity index (χ2n) is 5.64. The lowest BCUT2D eigenvalue weighted by Crippen LogP contribution is -2.23. The van der Waals surface area contributed by atoms with E-state index >= 15 is 0 Å². The maximum atomic E-state index is 9.64. The minimum absolute atomic E-state index is 0.0648. The Balaban J connectivity index is 3.30. The van der Waals surface area contributed by atoms with Gasteiger partial charge in [-0.1, -0.05) is 57.6 Å². The molecule has 0 aromatic heterocycles. The van der Waals surface area contributed by atoms with Gasteiger partial charge in [-0.3, -0.25) is 0 Å². The van der Waals surface area contributed by atoms with E-state index < -0.39 is 12.2 Å². The Morgan fingerprint density at radius 2 is 1.48 bits per heavy atom. The van der Waals surface area contributed by atoms with Crippen LogP contribution in [0.5, 0.6) is 0 Å². The average Bonchev–Trinajstić information content (AvgIpc) is 2.49. The van der Waals surface area contributed by atoms with Gasteiger partial charge in [0.05, 0.1) is 25.9 Å². The van der Waals surface area contributed by atoms with Crippen LogP contribution in [0.2, 0.25) is 0 Å². The van der Waals surface area contributed by atoms with E-state index in [4.69, 9.17) is 14.9 Å². The van der Waals surface area contributed by atoms with Gasteiger partial charge in [0.1, 0.15) is 6.10 Å². The summed E-state index contributed by atoms with van der Waals surface area (Å²) in [5.74, 6) is 0. The maximum absolute atomic E-state index is 9.64. The molecule has 4 heteroatoms. The SMILES string of the molecule is CCCCCCCCC/C=C\C[C@@H](O)COC[C@@H](O)CO. The second kappa shape index (κ2) is 16.0. The lowest BCUT2D eigenvalue weighted by molar-refractivity contribution is -0.0233. The third-order valence-corrected chi connectivity index (χ3v) is 3.38. The van der Waals surface area contributed by atoms with E-state index in [2.05, 4.69) is 13.0 Å². The van der Waals surface area contributed by atoms with Crippen LogP contribution in [0.3, 0.4) is 0 Å². The van der Waals surface area contributed by atoms with E-state index in [0.717, 1.165) is 6.42 Å². The van der Waals surface area contributed by atoms with Crippen molar-refractivity contribution in [1.82, 2.24) is 0 Å². The number of ether oxygens (including phenoxy) is 1. The van der Waals surface area contributed by atoms with Crippen molar-refractivity contribution < 1.29 is 20.1 Å². The van der Waals surface area contributed by atoms with Crippen LogP contribution in [0.15, 0.2) is 12.2 Å². The van der Waals surface area contributed by atoms with Crippen molar-refractivity contribution in [2.24, 2.45) is 0 Å². The fourth-order valence-corrected chi connectivity index (χ4v) is 2.05. The Bertz CT molecular complexity index is 231. The Kier molecular flexibility index (Phi) is 15.6. The Labute approximate surface area is 129 Å². The molecule has 0 heterocycles. The molecule has 0 aromatic carbocycles. The lowest BCUT2D eigenvalue weighted by Gasteiger charge is -2.11. The summed E-state index contributed by atoms with van der Waals surface area (Å²) in [5, 5.41) is 27.3. The highest BCUT2D eigenvalue weighted by Crippen LogP contribution is 2.08. The van der Waals surface area contributed by atoms with Gasteiger partial charge >= 0.3 is 0 Å². The van der Waals surface area contributed by atoms with Gasteiger partial charge in [-0.25, -0.2) is 0 Å². The summed E-state index contributed by atoms with van der Waals surface area (Å²) in [4.78, 5) is 0. The topological polar surface area (TPSA) is 69.9 Å². The van der Waals surface area contributed by atoms with E-state index in [1.54, 1.807) is 0 Å². The summed E-state index contributed by atoms with van der Waals surface area (Å²) in [6.07, 6.45) is 13.6. The largest absolute Gasteiger partial charge is 0.394 e. The first-order valence-electron chi connectivity index (χ1n) is 8.40. The minimum atomic E-state index is -0.856. The molecule has 0 bridgehead atoms. The molecule has 0 rings (SSSR count). The molecule has 0 aliphatic carbocycles. The predicted molar refractivity (Wildman–Crippen MR) is 86.3 cm³/mol. The number of hydrogen-bond donors (Lipinski definition) is 3. The normalized spacial score (nSPS) is 14.7. The molecule has 0 spiro atoms. The molecule has 4 nitrogen and oxygen atoms in total. The Morgan fingerprint density at radius 3 is 2.14 bits per heavy atom. The molecule has 3 N–H and O–H groups in total. The summed E-state index contributed by atoms with van der Waals surface area (Å²) in [6, 6.07) is 0. The van der Waals surface area contributed by atoms with E-state index in [1.807, 2.05) is 6.08 Å². The summed E-state index contributed by atoms with van der Waals surface area (Å²) in [5.41, 5.74) is 0. The highest BCUT2D eigenvalue weighted by molar-refractivity contribution is 4.84. The van der Waals surface area contributed by atoms with Crippen LogP contribution >= 0.6 is 0 Å². The Morgan fingerprint density at radius 1 is 0.857 bits per heavy atom. The van der Waals surface area contributed by atoms with Crippen molar-refractivity contribution in [2.45, 2.75) is 76.9 Å². The number of allylic oxidation sites excluding steroid dienone is 1. The van der Waals surface area contributed by atoms with Gasteiger partial charge in [0.25, 0.3) is 0 Å². The number of unbranched alkanes of at least 4 members (excludes halogenated alkanes) is 7. The standard InChI is InChI=1S/C17H34O4/c1-2-3-4-5-6-7-8-9-10-11-12-16(19)14-21-15-17(20)13-18/h10-11,16-20H,2-9,12-15H2,1H3/b11-10-/t16-,17+/m1/s1. The average molecular weight is 302 g/mol. The van der Waals surface area contributed by atoms with Crippen molar-refractivity contribution in [3.05, 3.63) is 12.2 Å².